The van der Waals surface area contributed by atoms with Gasteiger partial charge in [0.15, 0.2) is 0 Å². The molecule has 0 radical (unpaired) electrons. The van der Waals surface area contributed by atoms with E-state index in [9.17, 15) is 13.2 Å². The number of rotatable bonds is 10. The fourth-order valence-electron chi connectivity index (χ4n) is 3.06. The lowest BCUT2D eigenvalue weighted by Crippen LogP contribution is -2.29. The van der Waals surface area contributed by atoms with Crippen LogP contribution >= 0.6 is 23.4 Å². The molecule has 0 atom stereocenters. The fourth-order valence-corrected chi connectivity index (χ4v) is 5.09. The second-order valence-corrected chi connectivity index (χ2v) is 10.6. The molecule has 0 aliphatic heterocycles. The highest BCUT2D eigenvalue weighted by molar-refractivity contribution is 7.98. The number of amides is 1. The molecule has 3 aromatic carbocycles. The summed E-state index contributed by atoms with van der Waals surface area (Å²) in [5.74, 6) is 1.41. The number of para-hydroxylation sites is 1. The van der Waals surface area contributed by atoms with Crippen molar-refractivity contribution in [3.8, 4) is 0 Å². The van der Waals surface area contributed by atoms with Crippen LogP contribution in [0.5, 0.6) is 0 Å². The number of benzene rings is 3. The highest BCUT2D eigenvalue weighted by Gasteiger charge is 2.17. The van der Waals surface area contributed by atoms with E-state index in [4.69, 9.17) is 11.6 Å². The number of halogens is 1. The van der Waals surface area contributed by atoms with Crippen molar-refractivity contribution in [1.29, 1.82) is 0 Å². The molecule has 0 aliphatic rings. The van der Waals surface area contributed by atoms with Crippen molar-refractivity contribution in [2.24, 2.45) is 0 Å². The lowest BCUT2D eigenvalue weighted by atomic mass is 10.1. The topological polar surface area (TPSA) is 66.5 Å². The molecule has 0 spiro atoms. The van der Waals surface area contributed by atoms with Crippen molar-refractivity contribution < 1.29 is 13.2 Å². The lowest BCUT2D eigenvalue weighted by molar-refractivity contribution is 0.0956. The minimum atomic E-state index is -3.44. The Hall–Kier alpha value is -2.48. The van der Waals surface area contributed by atoms with Gasteiger partial charge in [-0.1, -0.05) is 60.1 Å². The van der Waals surface area contributed by atoms with Gasteiger partial charge in [0, 0.05) is 28.6 Å². The third-order valence-corrected chi connectivity index (χ3v) is 7.25. The van der Waals surface area contributed by atoms with Gasteiger partial charge in [-0.2, -0.15) is 11.8 Å². The fraction of sp³-hybridized carbons (Fsp3) is 0.208. The second-order valence-electron chi connectivity index (χ2n) is 7.20. The largest absolute Gasteiger partial charge is 0.351 e. The van der Waals surface area contributed by atoms with E-state index >= 15 is 0 Å². The molecule has 0 fully saturated rings. The first kappa shape index (κ1) is 24.2. The van der Waals surface area contributed by atoms with Crippen LogP contribution in [0.1, 0.15) is 21.5 Å². The second kappa shape index (κ2) is 11.4. The minimum absolute atomic E-state index is 0.155. The molecule has 168 valence electrons. The number of nitrogens with one attached hydrogen (secondary N) is 1. The summed E-state index contributed by atoms with van der Waals surface area (Å²) < 4.78 is 25.8. The van der Waals surface area contributed by atoms with E-state index < -0.39 is 10.0 Å². The quantitative estimate of drug-likeness (QED) is 0.409. The molecule has 0 saturated heterocycles. The summed E-state index contributed by atoms with van der Waals surface area (Å²) in [4.78, 5) is 12.4. The van der Waals surface area contributed by atoms with Gasteiger partial charge in [0.05, 0.1) is 18.5 Å². The Bertz CT molecular complexity index is 1140. The van der Waals surface area contributed by atoms with Gasteiger partial charge in [0.25, 0.3) is 5.91 Å². The zero-order chi connectivity index (χ0) is 23.0. The van der Waals surface area contributed by atoms with Crippen LogP contribution in [-0.4, -0.2) is 32.9 Å². The van der Waals surface area contributed by atoms with Crippen molar-refractivity contribution in [3.05, 3.63) is 101 Å². The summed E-state index contributed by atoms with van der Waals surface area (Å²) in [5.41, 5.74) is 3.02. The van der Waals surface area contributed by atoms with E-state index in [1.807, 2.05) is 30.3 Å². The summed E-state index contributed by atoms with van der Waals surface area (Å²) in [6.07, 6.45) is 1.19. The van der Waals surface area contributed by atoms with Crippen LogP contribution in [-0.2, 0) is 22.3 Å². The number of thioether (sulfide) groups is 1. The standard InChI is InChI=1S/C24H25ClN2O3S2/c1-32(29,30)27(22-8-3-2-4-9-22)17-19-11-13-20(14-12-19)24(28)26-15-16-31-18-21-7-5-6-10-23(21)25/h2-14H,15-18H2,1H3,(H,26,28). The van der Waals surface area contributed by atoms with Crippen LogP contribution in [0.4, 0.5) is 5.69 Å². The molecule has 1 amide bonds. The van der Waals surface area contributed by atoms with E-state index in [1.54, 1.807) is 60.3 Å². The predicted octanol–water partition coefficient (Wildman–Crippen LogP) is 4.97. The SMILES string of the molecule is CS(=O)(=O)N(Cc1ccc(C(=O)NCCSCc2ccccc2Cl)cc1)c1ccccc1. The van der Waals surface area contributed by atoms with Gasteiger partial charge in [-0.15, -0.1) is 0 Å². The van der Waals surface area contributed by atoms with Crippen LogP contribution in [0.25, 0.3) is 0 Å². The maximum atomic E-state index is 12.4. The van der Waals surface area contributed by atoms with Gasteiger partial charge < -0.3 is 5.32 Å². The molecular formula is C24H25ClN2O3S2. The number of nitrogens with zero attached hydrogens (tertiary/aromatic N) is 1. The van der Waals surface area contributed by atoms with Crippen LogP contribution in [0.15, 0.2) is 78.9 Å². The van der Waals surface area contributed by atoms with Crippen LogP contribution < -0.4 is 9.62 Å². The highest BCUT2D eigenvalue weighted by Crippen LogP contribution is 2.21. The van der Waals surface area contributed by atoms with E-state index in [2.05, 4.69) is 5.32 Å². The van der Waals surface area contributed by atoms with Crippen LogP contribution in [0, 0.1) is 0 Å². The maximum Gasteiger partial charge on any atom is 0.251 e. The molecule has 5 nitrogen and oxygen atoms in total. The average molecular weight is 489 g/mol. The van der Waals surface area contributed by atoms with Gasteiger partial charge in [0.1, 0.15) is 0 Å². The molecule has 0 heterocycles. The molecular weight excluding hydrogens is 464 g/mol. The van der Waals surface area contributed by atoms with E-state index in [0.717, 1.165) is 27.7 Å². The number of hydrogen-bond acceptors (Lipinski definition) is 4. The Morgan fingerprint density at radius 3 is 2.28 bits per heavy atom. The zero-order valence-corrected chi connectivity index (χ0v) is 20.1. The summed E-state index contributed by atoms with van der Waals surface area (Å²) in [6, 6.07) is 23.7. The van der Waals surface area contributed by atoms with Crippen molar-refractivity contribution >= 4 is 45.0 Å². The summed E-state index contributed by atoms with van der Waals surface area (Å²) in [5, 5.41) is 3.67. The summed E-state index contributed by atoms with van der Waals surface area (Å²) in [7, 11) is -3.44. The van der Waals surface area contributed by atoms with Gasteiger partial charge in [-0.05, 0) is 41.5 Å². The van der Waals surface area contributed by atoms with Crippen molar-refractivity contribution in [1.82, 2.24) is 5.32 Å². The predicted molar refractivity (Wildman–Crippen MR) is 134 cm³/mol. The minimum Gasteiger partial charge on any atom is -0.351 e. The summed E-state index contributed by atoms with van der Waals surface area (Å²) >= 11 is 7.86. The smallest absolute Gasteiger partial charge is 0.251 e. The Balaban J connectivity index is 1.51. The van der Waals surface area contributed by atoms with Crippen molar-refractivity contribution in [2.75, 3.05) is 22.9 Å². The number of carbonyl (C=O) groups excluding carboxylic acids is 1. The monoisotopic (exact) mass is 488 g/mol. The molecule has 3 rings (SSSR count). The molecule has 0 saturated carbocycles. The molecule has 0 aromatic heterocycles. The third kappa shape index (κ3) is 7.02. The maximum absolute atomic E-state index is 12.4. The number of sulfonamides is 1. The first-order chi connectivity index (χ1) is 15.3. The van der Waals surface area contributed by atoms with Gasteiger partial charge >= 0.3 is 0 Å². The van der Waals surface area contributed by atoms with Crippen molar-refractivity contribution in [2.45, 2.75) is 12.3 Å². The molecule has 1 N–H and O–H groups in total. The van der Waals surface area contributed by atoms with E-state index in [0.29, 0.717) is 17.8 Å². The van der Waals surface area contributed by atoms with Gasteiger partial charge in [0.2, 0.25) is 10.0 Å². The molecule has 32 heavy (non-hydrogen) atoms. The zero-order valence-electron chi connectivity index (χ0n) is 17.7. The Labute approximate surface area is 198 Å². The molecule has 8 heteroatoms. The van der Waals surface area contributed by atoms with Crippen molar-refractivity contribution in [3.63, 3.8) is 0 Å². The van der Waals surface area contributed by atoms with Gasteiger partial charge in [-0.3, -0.25) is 9.10 Å². The molecule has 0 aliphatic carbocycles. The number of carbonyl (C=O) groups is 1. The number of anilines is 1. The highest BCUT2D eigenvalue weighted by atomic mass is 35.5. The van der Waals surface area contributed by atoms with Crippen LogP contribution in [0.2, 0.25) is 5.02 Å². The Morgan fingerprint density at radius 2 is 1.62 bits per heavy atom. The van der Waals surface area contributed by atoms with E-state index in [-0.39, 0.29) is 12.5 Å². The third-order valence-electron chi connectivity index (χ3n) is 4.73. The lowest BCUT2D eigenvalue weighted by Gasteiger charge is -2.22. The van der Waals surface area contributed by atoms with Gasteiger partial charge in [-0.25, -0.2) is 8.42 Å². The first-order valence-electron chi connectivity index (χ1n) is 10.1. The first-order valence-corrected chi connectivity index (χ1v) is 13.4. The summed E-state index contributed by atoms with van der Waals surface area (Å²) in [6.45, 7) is 0.745. The molecule has 0 bridgehead atoms. The normalized spacial score (nSPS) is 11.2. The molecule has 3 aromatic rings. The number of hydrogen-bond donors (Lipinski definition) is 1. The Kier molecular flexibility index (Phi) is 8.61. The van der Waals surface area contributed by atoms with Crippen LogP contribution in [0.3, 0.4) is 0 Å². The Morgan fingerprint density at radius 1 is 0.969 bits per heavy atom. The average Bonchev–Trinajstić information content (AvgIpc) is 2.78. The van der Waals surface area contributed by atoms with E-state index in [1.165, 1.54) is 10.6 Å². The molecule has 0 unspecified atom stereocenters.